The number of carbonyl (C=O) groups is 1. The molecule has 1 unspecified atom stereocenters. The highest BCUT2D eigenvalue weighted by Gasteiger charge is 2.30. The van der Waals surface area contributed by atoms with Gasteiger partial charge in [-0.05, 0) is 30.5 Å². The van der Waals surface area contributed by atoms with Crippen molar-refractivity contribution in [1.29, 1.82) is 5.26 Å². The van der Waals surface area contributed by atoms with E-state index < -0.39 is 5.54 Å². The highest BCUT2D eigenvalue weighted by Crippen LogP contribution is 2.23. The van der Waals surface area contributed by atoms with Crippen LogP contribution in [0.4, 0.5) is 0 Å². The molecule has 2 aromatic heterocycles. The molecule has 9 heteroatoms. The second kappa shape index (κ2) is 9.08. The van der Waals surface area contributed by atoms with Crippen LogP contribution in [0.3, 0.4) is 0 Å². The van der Waals surface area contributed by atoms with E-state index in [0.717, 1.165) is 5.56 Å². The highest BCUT2D eigenvalue weighted by atomic mass is 32.2. The van der Waals surface area contributed by atoms with Crippen molar-refractivity contribution in [2.45, 2.75) is 38.0 Å². The van der Waals surface area contributed by atoms with E-state index in [4.69, 9.17) is 0 Å². The number of amides is 1. The average molecular weight is 461 g/mol. The maximum atomic E-state index is 13.3. The predicted octanol–water partition coefficient (Wildman–Crippen LogP) is 3.24. The lowest BCUT2D eigenvalue weighted by Crippen LogP contribution is -2.49. The molecular weight excluding hydrogens is 436 g/mol. The Morgan fingerprint density at radius 2 is 1.85 bits per heavy atom. The van der Waals surface area contributed by atoms with Gasteiger partial charge in [-0.1, -0.05) is 68.1 Å². The fraction of sp³-hybridized carbons (Fsp3) is 0.292. The van der Waals surface area contributed by atoms with Gasteiger partial charge >= 0.3 is 0 Å². The summed E-state index contributed by atoms with van der Waals surface area (Å²) in [6, 6.07) is 19.2. The monoisotopic (exact) mass is 460 g/mol. The molecule has 0 saturated heterocycles. The molecule has 2 heterocycles. The van der Waals surface area contributed by atoms with Gasteiger partial charge < -0.3 is 5.32 Å². The van der Waals surface area contributed by atoms with Crippen molar-refractivity contribution in [2.75, 3.05) is 5.75 Å². The minimum atomic E-state index is -0.951. The first kappa shape index (κ1) is 22.6. The standard InChI is InChI=1S/C24H24N6O2S/c1-16(2)24(3,15-25)26-20(31)14-33-23-28-27-22-29(13-17-9-5-4-6-10-17)21(32)18-11-7-8-12-19(18)30(22)23/h4-12,16H,13-14H2,1-3H3,(H,26,31). The van der Waals surface area contributed by atoms with E-state index in [1.54, 1.807) is 17.6 Å². The minimum Gasteiger partial charge on any atom is -0.337 e. The van der Waals surface area contributed by atoms with Crippen molar-refractivity contribution in [3.63, 3.8) is 0 Å². The maximum absolute atomic E-state index is 13.3. The summed E-state index contributed by atoms with van der Waals surface area (Å²) in [7, 11) is 0. The van der Waals surface area contributed by atoms with Gasteiger partial charge in [0.2, 0.25) is 11.7 Å². The first-order chi connectivity index (χ1) is 15.8. The molecule has 1 N–H and O–H groups in total. The molecule has 4 rings (SSSR count). The van der Waals surface area contributed by atoms with Gasteiger partial charge in [0.25, 0.3) is 5.56 Å². The molecule has 0 aliphatic carbocycles. The summed E-state index contributed by atoms with van der Waals surface area (Å²) in [6.45, 7) is 5.84. The van der Waals surface area contributed by atoms with Gasteiger partial charge in [0.15, 0.2) is 5.16 Å². The van der Waals surface area contributed by atoms with Crippen LogP contribution in [0.5, 0.6) is 0 Å². The molecule has 8 nitrogen and oxygen atoms in total. The van der Waals surface area contributed by atoms with Crippen LogP contribution in [-0.2, 0) is 11.3 Å². The number of hydrogen-bond donors (Lipinski definition) is 1. The van der Waals surface area contributed by atoms with Gasteiger partial charge in [0, 0.05) is 0 Å². The van der Waals surface area contributed by atoms with Crippen LogP contribution in [0.2, 0.25) is 0 Å². The van der Waals surface area contributed by atoms with Crippen molar-refractivity contribution < 1.29 is 4.79 Å². The molecule has 0 aliphatic rings. The molecule has 2 aromatic carbocycles. The molecule has 0 fully saturated rings. The molecule has 0 bridgehead atoms. The Balaban J connectivity index is 1.72. The molecule has 33 heavy (non-hydrogen) atoms. The summed E-state index contributed by atoms with van der Waals surface area (Å²) in [5.41, 5.74) is 0.551. The first-order valence-corrected chi connectivity index (χ1v) is 11.6. The van der Waals surface area contributed by atoms with Crippen LogP contribution >= 0.6 is 11.8 Å². The molecule has 0 aliphatic heterocycles. The SMILES string of the molecule is CC(C)C(C)(C#N)NC(=O)CSc1nnc2n(Cc3ccccc3)c(=O)c3ccccc3n12. The van der Waals surface area contributed by atoms with Crippen molar-refractivity contribution in [2.24, 2.45) is 5.92 Å². The Kier molecular flexibility index (Phi) is 6.20. The van der Waals surface area contributed by atoms with Gasteiger partial charge in [-0.25, -0.2) is 0 Å². The summed E-state index contributed by atoms with van der Waals surface area (Å²) in [5.74, 6) is 0.171. The molecule has 4 aromatic rings. The Hall–Kier alpha value is -3.64. The van der Waals surface area contributed by atoms with Crippen LogP contribution in [0.25, 0.3) is 16.7 Å². The molecule has 1 atom stereocenters. The van der Waals surface area contributed by atoms with E-state index in [1.807, 2.05) is 66.8 Å². The lowest BCUT2D eigenvalue weighted by molar-refractivity contribution is -0.120. The zero-order valence-corrected chi connectivity index (χ0v) is 19.5. The molecule has 168 valence electrons. The number of rotatable bonds is 7. The lowest BCUT2D eigenvalue weighted by Gasteiger charge is -2.27. The number of carbonyl (C=O) groups excluding carboxylic acids is 1. The third-order valence-corrected chi connectivity index (χ3v) is 6.71. The summed E-state index contributed by atoms with van der Waals surface area (Å²) in [5, 5.41) is 21.9. The van der Waals surface area contributed by atoms with Crippen molar-refractivity contribution in [3.05, 3.63) is 70.5 Å². The Labute approximate surface area is 195 Å². The van der Waals surface area contributed by atoms with E-state index >= 15 is 0 Å². The zero-order chi connectivity index (χ0) is 23.6. The average Bonchev–Trinajstić information content (AvgIpc) is 3.25. The normalized spacial score (nSPS) is 13.2. The fourth-order valence-electron chi connectivity index (χ4n) is 3.49. The number of nitrogens with one attached hydrogen (secondary N) is 1. The highest BCUT2D eigenvalue weighted by molar-refractivity contribution is 7.99. The number of aromatic nitrogens is 4. The number of benzene rings is 2. The third kappa shape index (κ3) is 4.34. The number of nitriles is 1. The van der Waals surface area contributed by atoms with Crippen molar-refractivity contribution >= 4 is 34.3 Å². The summed E-state index contributed by atoms with van der Waals surface area (Å²) >= 11 is 1.22. The number of nitrogens with zero attached hydrogens (tertiary/aromatic N) is 5. The number of thioether (sulfide) groups is 1. The molecular formula is C24H24N6O2S. The van der Waals surface area contributed by atoms with E-state index in [2.05, 4.69) is 21.6 Å². The topological polar surface area (TPSA) is 105 Å². The van der Waals surface area contributed by atoms with Gasteiger partial charge in [-0.15, -0.1) is 10.2 Å². The largest absolute Gasteiger partial charge is 0.337 e. The van der Waals surface area contributed by atoms with Crippen LogP contribution in [0, 0.1) is 17.2 Å². The molecule has 0 radical (unpaired) electrons. The second-order valence-electron chi connectivity index (χ2n) is 8.32. The van der Waals surface area contributed by atoms with Crippen molar-refractivity contribution in [1.82, 2.24) is 24.5 Å². The summed E-state index contributed by atoms with van der Waals surface area (Å²) in [6.07, 6.45) is 0. The maximum Gasteiger partial charge on any atom is 0.263 e. The molecule has 0 spiro atoms. The quantitative estimate of drug-likeness (QED) is 0.425. The number of fused-ring (bicyclic) bond motifs is 3. The Morgan fingerprint density at radius 3 is 2.55 bits per heavy atom. The van der Waals surface area contributed by atoms with Gasteiger partial charge in [0.1, 0.15) is 5.54 Å². The van der Waals surface area contributed by atoms with E-state index in [-0.39, 0.29) is 23.1 Å². The number of para-hydroxylation sites is 1. The van der Waals surface area contributed by atoms with Crippen LogP contribution in [0.15, 0.2) is 64.5 Å². The lowest BCUT2D eigenvalue weighted by atomic mass is 9.90. The van der Waals surface area contributed by atoms with E-state index in [1.165, 1.54) is 11.8 Å². The van der Waals surface area contributed by atoms with Crippen molar-refractivity contribution in [3.8, 4) is 6.07 Å². The summed E-state index contributed by atoms with van der Waals surface area (Å²) in [4.78, 5) is 25.8. The van der Waals surface area contributed by atoms with Gasteiger partial charge in [-0.3, -0.25) is 18.6 Å². The van der Waals surface area contributed by atoms with E-state index in [9.17, 15) is 14.9 Å². The Bertz CT molecular complexity index is 1420. The molecule has 1 amide bonds. The summed E-state index contributed by atoms with van der Waals surface area (Å²) < 4.78 is 3.41. The smallest absolute Gasteiger partial charge is 0.263 e. The second-order valence-corrected chi connectivity index (χ2v) is 9.26. The Morgan fingerprint density at radius 1 is 1.15 bits per heavy atom. The third-order valence-electron chi connectivity index (χ3n) is 5.78. The predicted molar refractivity (Wildman–Crippen MR) is 128 cm³/mol. The zero-order valence-electron chi connectivity index (χ0n) is 18.6. The van der Waals surface area contributed by atoms with Gasteiger partial charge in [-0.2, -0.15) is 5.26 Å². The number of hydrogen-bond acceptors (Lipinski definition) is 6. The van der Waals surface area contributed by atoms with Gasteiger partial charge in [0.05, 0.1) is 29.3 Å². The van der Waals surface area contributed by atoms with Crippen LogP contribution in [-0.4, -0.2) is 36.4 Å². The molecule has 0 saturated carbocycles. The van der Waals surface area contributed by atoms with Crippen LogP contribution in [0.1, 0.15) is 26.3 Å². The minimum absolute atomic E-state index is 0.0401. The fourth-order valence-corrected chi connectivity index (χ4v) is 4.23. The first-order valence-electron chi connectivity index (χ1n) is 10.6. The van der Waals surface area contributed by atoms with Crippen LogP contribution < -0.4 is 10.9 Å². The van der Waals surface area contributed by atoms with E-state index in [0.29, 0.717) is 28.4 Å².